The maximum Gasteiger partial charge on any atom is 0.271 e. The molecule has 3 aromatic carbocycles. The van der Waals surface area contributed by atoms with Gasteiger partial charge in [-0.2, -0.15) is 0 Å². The van der Waals surface area contributed by atoms with Crippen molar-refractivity contribution in [2.24, 2.45) is 0 Å². The molecular formula is C22H21N3O5S2. The fourth-order valence-corrected chi connectivity index (χ4v) is 5.16. The Morgan fingerprint density at radius 1 is 1.03 bits per heavy atom. The Kier molecular flexibility index (Phi) is 7.49. The van der Waals surface area contributed by atoms with Gasteiger partial charge in [-0.3, -0.25) is 19.2 Å². The molecule has 0 bridgehead atoms. The van der Waals surface area contributed by atoms with Crippen molar-refractivity contribution in [2.75, 3.05) is 21.9 Å². The third-order valence-corrected chi connectivity index (χ3v) is 7.15. The second kappa shape index (κ2) is 10.3. The van der Waals surface area contributed by atoms with Crippen LogP contribution in [0.2, 0.25) is 0 Å². The van der Waals surface area contributed by atoms with E-state index in [0.29, 0.717) is 5.69 Å². The number of nitrogens with zero attached hydrogens (tertiary/aromatic N) is 2. The number of thioether (sulfide) groups is 1. The average Bonchev–Trinajstić information content (AvgIpc) is 2.79. The number of hydrogen-bond acceptors (Lipinski definition) is 6. The number of amides is 1. The fraction of sp³-hybridized carbons (Fsp3) is 0.136. The Morgan fingerprint density at radius 3 is 2.41 bits per heavy atom. The lowest BCUT2D eigenvalue weighted by Gasteiger charge is -2.24. The summed E-state index contributed by atoms with van der Waals surface area (Å²) in [5, 5.41) is 14.0. The molecule has 3 aromatic rings. The number of sulfonamides is 1. The molecule has 1 N–H and O–H groups in total. The quantitative estimate of drug-likeness (QED) is 0.279. The van der Waals surface area contributed by atoms with Crippen LogP contribution in [0.4, 0.5) is 17.1 Å². The molecule has 3 rings (SSSR count). The van der Waals surface area contributed by atoms with E-state index in [1.807, 2.05) is 19.1 Å². The van der Waals surface area contributed by atoms with Crippen molar-refractivity contribution in [1.29, 1.82) is 0 Å². The zero-order valence-electron chi connectivity index (χ0n) is 17.2. The molecule has 0 aliphatic heterocycles. The molecule has 0 saturated heterocycles. The van der Waals surface area contributed by atoms with Gasteiger partial charge in [0.25, 0.3) is 15.7 Å². The number of nitrogens with one attached hydrogen (secondary N) is 1. The SMILES string of the molecule is CCSc1ccccc1NC(=O)CN(c1cccc([N+](=O)[O-])c1)S(=O)(=O)c1ccccc1. The van der Waals surface area contributed by atoms with Gasteiger partial charge in [0.2, 0.25) is 5.91 Å². The molecular weight excluding hydrogens is 450 g/mol. The Bertz CT molecular complexity index is 1220. The number of hydrogen-bond donors (Lipinski definition) is 1. The first-order valence-corrected chi connectivity index (χ1v) is 12.1. The molecule has 0 aliphatic carbocycles. The molecule has 0 aromatic heterocycles. The van der Waals surface area contributed by atoms with Gasteiger partial charge in [-0.05, 0) is 36.1 Å². The number of nitro groups is 1. The summed E-state index contributed by atoms with van der Waals surface area (Å²) in [5.74, 6) is 0.231. The Labute approximate surface area is 190 Å². The Morgan fingerprint density at radius 2 is 1.72 bits per heavy atom. The lowest BCUT2D eigenvalue weighted by molar-refractivity contribution is -0.384. The molecule has 32 heavy (non-hydrogen) atoms. The fourth-order valence-electron chi connectivity index (χ4n) is 2.97. The minimum Gasteiger partial charge on any atom is -0.323 e. The zero-order valence-corrected chi connectivity index (χ0v) is 18.8. The van der Waals surface area contributed by atoms with Crippen LogP contribution in [0.5, 0.6) is 0 Å². The highest BCUT2D eigenvalue weighted by Crippen LogP contribution is 2.29. The molecule has 0 saturated carbocycles. The van der Waals surface area contributed by atoms with Crippen LogP contribution in [0.25, 0.3) is 0 Å². The molecule has 0 radical (unpaired) electrons. The molecule has 0 aliphatic rings. The molecule has 8 nitrogen and oxygen atoms in total. The van der Waals surface area contributed by atoms with Gasteiger partial charge in [0.1, 0.15) is 6.54 Å². The van der Waals surface area contributed by atoms with Crippen LogP contribution in [-0.2, 0) is 14.8 Å². The first-order valence-electron chi connectivity index (χ1n) is 9.67. The zero-order chi connectivity index (χ0) is 23.1. The van der Waals surface area contributed by atoms with Crippen molar-refractivity contribution in [2.45, 2.75) is 16.7 Å². The highest BCUT2D eigenvalue weighted by atomic mass is 32.2. The van der Waals surface area contributed by atoms with E-state index in [1.54, 1.807) is 42.1 Å². The summed E-state index contributed by atoms with van der Waals surface area (Å²) in [4.78, 5) is 24.3. The van der Waals surface area contributed by atoms with Crippen molar-refractivity contribution in [3.05, 3.63) is 89.0 Å². The van der Waals surface area contributed by atoms with Crippen LogP contribution in [0, 0.1) is 10.1 Å². The maximum absolute atomic E-state index is 13.3. The van der Waals surface area contributed by atoms with Crippen LogP contribution >= 0.6 is 11.8 Å². The van der Waals surface area contributed by atoms with Gasteiger partial charge in [0.05, 0.1) is 21.2 Å². The van der Waals surface area contributed by atoms with Gasteiger partial charge in [-0.15, -0.1) is 11.8 Å². The van der Waals surface area contributed by atoms with E-state index in [4.69, 9.17) is 0 Å². The van der Waals surface area contributed by atoms with Crippen molar-refractivity contribution in [1.82, 2.24) is 0 Å². The topological polar surface area (TPSA) is 110 Å². The van der Waals surface area contributed by atoms with Gasteiger partial charge in [-0.1, -0.05) is 43.3 Å². The summed E-state index contributed by atoms with van der Waals surface area (Å²) >= 11 is 1.55. The number of nitro benzene ring substituents is 1. The number of para-hydroxylation sites is 1. The lowest BCUT2D eigenvalue weighted by Crippen LogP contribution is -2.38. The Hall–Kier alpha value is -3.37. The number of carbonyl (C=O) groups is 1. The predicted molar refractivity (Wildman–Crippen MR) is 126 cm³/mol. The minimum absolute atomic E-state index is 0.0226. The van der Waals surface area contributed by atoms with Crippen molar-refractivity contribution in [3.8, 4) is 0 Å². The number of rotatable bonds is 9. The van der Waals surface area contributed by atoms with Gasteiger partial charge >= 0.3 is 0 Å². The molecule has 1 amide bonds. The normalized spacial score (nSPS) is 11.0. The summed E-state index contributed by atoms with van der Waals surface area (Å²) in [6.07, 6.45) is 0. The number of anilines is 2. The van der Waals surface area contributed by atoms with Crippen LogP contribution in [0.3, 0.4) is 0 Å². The van der Waals surface area contributed by atoms with E-state index in [0.717, 1.165) is 21.0 Å². The van der Waals surface area contributed by atoms with E-state index in [-0.39, 0.29) is 16.3 Å². The molecule has 0 fully saturated rings. The Balaban J connectivity index is 1.97. The van der Waals surface area contributed by atoms with E-state index in [9.17, 15) is 23.3 Å². The molecule has 10 heteroatoms. The van der Waals surface area contributed by atoms with Crippen LogP contribution in [0.15, 0.2) is 88.7 Å². The molecule has 0 atom stereocenters. The van der Waals surface area contributed by atoms with Crippen LogP contribution < -0.4 is 9.62 Å². The number of carbonyl (C=O) groups excluding carboxylic acids is 1. The summed E-state index contributed by atoms with van der Waals surface area (Å²) in [7, 11) is -4.16. The summed E-state index contributed by atoms with van der Waals surface area (Å²) in [6.45, 7) is 1.43. The lowest BCUT2D eigenvalue weighted by atomic mass is 10.3. The van der Waals surface area contributed by atoms with Gasteiger partial charge < -0.3 is 5.32 Å². The van der Waals surface area contributed by atoms with Gasteiger partial charge in [0.15, 0.2) is 0 Å². The highest BCUT2D eigenvalue weighted by Gasteiger charge is 2.28. The van der Waals surface area contributed by atoms with Crippen molar-refractivity contribution >= 4 is 44.8 Å². The van der Waals surface area contributed by atoms with Crippen LogP contribution in [0.1, 0.15) is 6.92 Å². The first kappa shape index (κ1) is 23.3. The minimum atomic E-state index is -4.16. The third kappa shape index (κ3) is 5.45. The largest absolute Gasteiger partial charge is 0.323 e. The second-order valence-corrected chi connectivity index (χ2v) is 9.75. The molecule has 166 valence electrons. The van der Waals surface area contributed by atoms with E-state index < -0.39 is 27.4 Å². The summed E-state index contributed by atoms with van der Waals surface area (Å²) in [6, 6.07) is 20.0. The average molecular weight is 472 g/mol. The molecule has 0 unspecified atom stereocenters. The summed E-state index contributed by atoms with van der Waals surface area (Å²) < 4.78 is 27.6. The van der Waals surface area contributed by atoms with E-state index in [2.05, 4.69) is 5.32 Å². The van der Waals surface area contributed by atoms with Crippen molar-refractivity contribution < 1.29 is 18.1 Å². The number of non-ortho nitro benzene ring substituents is 1. The van der Waals surface area contributed by atoms with Crippen molar-refractivity contribution in [3.63, 3.8) is 0 Å². The predicted octanol–water partition coefficient (Wildman–Crippen LogP) is 4.54. The monoisotopic (exact) mass is 471 g/mol. The second-order valence-electron chi connectivity index (χ2n) is 6.58. The maximum atomic E-state index is 13.3. The molecule has 0 heterocycles. The number of benzene rings is 3. The standard InChI is InChI=1S/C22H21N3O5S2/c1-2-31-21-14-7-6-13-20(21)23-22(26)16-24(17-9-8-10-18(15-17)25(27)28)32(29,30)19-11-4-3-5-12-19/h3-15H,2,16H2,1H3,(H,23,26). The molecule has 0 spiro atoms. The smallest absolute Gasteiger partial charge is 0.271 e. The van der Waals surface area contributed by atoms with E-state index >= 15 is 0 Å². The van der Waals surface area contributed by atoms with Gasteiger partial charge in [-0.25, -0.2) is 8.42 Å². The first-order chi connectivity index (χ1) is 15.3. The van der Waals surface area contributed by atoms with Crippen LogP contribution in [-0.4, -0.2) is 31.5 Å². The highest BCUT2D eigenvalue weighted by molar-refractivity contribution is 7.99. The van der Waals surface area contributed by atoms with E-state index in [1.165, 1.54) is 30.3 Å². The van der Waals surface area contributed by atoms with Gasteiger partial charge in [0, 0.05) is 17.0 Å². The summed E-state index contributed by atoms with van der Waals surface area (Å²) in [5.41, 5.74) is 0.315. The third-order valence-electron chi connectivity index (χ3n) is 4.41.